The van der Waals surface area contributed by atoms with Gasteiger partial charge < -0.3 is 5.73 Å². The third kappa shape index (κ3) is 2.15. The average molecular weight is 301 g/mol. The summed E-state index contributed by atoms with van der Waals surface area (Å²) in [7, 11) is 0. The molecule has 0 amide bonds. The fraction of sp³-hybridized carbons (Fsp3) is 0.133. The zero-order valence-electron chi connectivity index (χ0n) is 11.6. The molecule has 0 aliphatic heterocycles. The predicted molar refractivity (Wildman–Crippen MR) is 83.0 cm³/mol. The highest BCUT2D eigenvalue weighted by molar-refractivity contribution is 6.30. The summed E-state index contributed by atoms with van der Waals surface area (Å²) in [6.45, 7) is 3.25. The number of carbonyl (C=O) groups excluding carboxylic acids is 1. The fourth-order valence-corrected chi connectivity index (χ4v) is 2.53. The molecule has 0 saturated carbocycles. The maximum atomic E-state index is 11.7. The van der Waals surface area contributed by atoms with E-state index in [-0.39, 0.29) is 5.78 Å². The molecule has 0 aliphatic rings. The number of hydrogen-bond acceptors (Lipinski definition) is 4. The molecule has 0 spiro atoms. The Morgan fingerprint density at radius 2 is 1.95 bits per heavy atom. The second-order valence-corrected chi connectivity index (χ2v) is 5.25. The predicted octanol–water partition coefficient (Wildman–Crippen LogP) is 3.17. The third-order valence-corrected chi connectivity index (χ3v) is 3.61. The largest absolute Gasteiger partial charge is 0.397 e. The molecule has 21 heavy (non-hydrogen) atoms. The molecule has 106 valence electrons. The second kappa shape index (κ2) is 4.86. The number of hydrogen-bond donors (Lipinski definition) is 1. The van der Waals surface area contributed by atoms with E-state index in [1.165, 1.54) is 6.92 Å². The van der Waals surface area contributed by atoms with Gasteiger partial charge in [0, 0.05) is 5.02 Å². The van der Waals surface area contributed by atoms with Gasteiger partial charge >= 0.3 is 0 Å². The highest BCUT2D eigenvalue weighted by Gasteiger charge is 2.17. The third-order valence-electron chi connectivity index (χ3n) is 3.36. The van der Waals surface area contributed by atoms with Gasteiger partial charge in [-0.05, 0) is 38.1 Å². The first-order valence-corrected chi connectivity index (χ1v) is 6.77. The summed E-state index contributed by atoms with van der Waals surface area (Å²) < 4.78 is 1.68. The molecule has 0 radical (unpaired) electrons. The lowest BCUT2D eigenvalue weighted by Gasteiger charge is -2.08. The molecule has 0 saturated heterocycles. The van der Waals surface area contributed by atoms with Crippen molar-refractivity contribution in [2.24, 2.45) is 0 Å². The normalized spacial score (nSPS) is 11.0. The number of fused-ring (bicyclic) bond motifs is 1. The van der Waals surface area contributed by atoms with E-state index in [4.69, 9.17) is 17.3 Å². The second-order valence-electron chi connectivity index (χ2n) is 4.81. The summed E-state index contributed by atoms with van der Waals surface area (Å²) in [5.74, 6) is -0.0985. The van der Waals surface area contributed by atoms with E-state index in [1.807, 2.05) is 12.1 Å². The van der Waals surface area contributed by atoms with E-state index in [9.17, 15) is 4.79 Å². The number of pyridine rings is 1. The Balaban J connectivity index is 2.28. The number of nitrogens with two attached hydrogens (primary N) is 1. The minimum Gasteiger partial charge on any atom is -0.397 e. The standard InChI is InChI=1S/C15H13ClN4O/c1-8-13(9(2)21)14(17)12-7-18-20(15(12)19-8)11-5-3-10(16)4-6-11/h3-7H,1-2H3,(H2,17,19). The molecule has 2 N–H and O–H groups in total. The van der Waals surface area contributed by atoms with Gasteiger partial charge in [0.05, 0.1) is 34.2 Å². The van der Waals surface area contributed by atoms with Crippen LogP contribution in [0, 0.1) is 6.92 Å². The van der Waals surface area contributed by atoms with Crippen LogP contribution >= 0.6 is 11.6 Å². The molecular formula is C15H13ClN4O. The summed E-state index contributed by atoms with van der Waals surface area (Å²) in [6, 6.07) is 7.26. The van der Waals surface area contributed by atoms with E-state index in [0.29, 0.717) is 33.0 Å². The van der Waals surface area contributed by atoms with Gasteiger partial charge in [0.1, 0.15) is 0 Å². The van der Waals surface area contributed by atoms with Crippen LogP contribution in [0.4, 0.5) is 5.69 Å². The van der Waals surface area contributed by atoms with Crippen molar-refractivity contribution in [1.82, 2.24) is 14.8 Å². The highest BCUT2D eigenvalue weighted by atomic mass is 35.5. The van der Waals surface area contributed by atoms with Crippen LogP contribution < -0.4 is 5.73 Å². The van der Waals surface area contributed by atoms with Crippen LogP contribution in [0.5, 0.6) is 0 Å². The number of nitrogen functional groups attached to an aromatic ring is 1. The Morgan fingerprint density at radius 1 is 1.29 bits per heavy atom. The summed E-state index contributed by atoms with van der Waals surface area (Å²) >= 11 is 5.89. The first-order chi connectivity index (χ1) is 9.99. The van der Waals surface area contributed by atoms with E-state index >= 15 is 0 Å². The SMILES string of the molecule is CC(=O)c1c(C)nc2c(cnn2-c2ccc(Cl)cc2)c1N. The molecule has 0 fully saturated rings. The molecule has 5 nitrogen and oxygen atoms in total. The van der Waals surface area contributed by atoms with Crippen molar-refractivity contribution >= 4 is 34.1 Å². The van der Waals surface area contributed by atoms with Crippen LogP contribution in [-0.4, -0.2) is 20.5 Å². The highest BCUT2D eigenvalue weighted by Crippen LogP contribution is 2.27. The monoisotopic (exact) mass is 300 g/mol. The lowest BCUT2D eigenvalue weighted by Crippen LogP contribution is -2.06. The maximum absolute atomic E-state index is 11.7. The van der Waals surface area contributed by atoms with E-state index in [1.54, 1.807) is 29.9 Å². The molecule has 2 heterocycles. The van der Waals surface area contributed by atoms with Crippen molar-refractivity contribution in [3.63, 3.8) is 0 Å². The van der Waals surface area contributed by atoms with Crippen LogP contribution in [0.15, 0.2) is 30.5 Å². The van der Waals surface area contributed by atoms with Gasteiger partial charge in [-0.1, -0.05) is 11.6 Å². The van der Waals surface area contributed by atoms with Gasteiger partial charge in [0.25, 0.3) is 0 Å². The Bertz CT molecular complexity index is 852. The van der Waals surface area contributed by atoms with Crippen molar-refractivity contribution in [3.8, 4) is 5.69 Å². The summed E-state index contributed by atoms with van der Waals surface area (Å²) in [5.41, 5.74) is 9.03. The molecule has 0 unspecified atom stereocenters. The molecule has 1 aromatic carbocycles. The van der Waals surface area contributed by atoms with E-state index < -0.39 is 0 Å². The van der Waals surface area contributed by atoms with E-state index in [0.717, 1.165) is 5.69 Å². The van der Waals surface area contributed by atoms with Gasteiger partial charge in [-0.25, -0.2) is 9.67 Å². The Hall–Kier alpha value is -2.40. The van der Waals surface area contributed by atoms with Crippen molar-refractivity contribution in [1.29, 1.82) is 0 Å². The number of nitrogens with zero attached hydrogens (tertiary/aromatic N) is 3. The topological polar surface area (TPSA) is 73.8 Å². The number of anilines is 1. The number of carbonyl (C=O) groups is 1. The summed E-state index contributed by atoms with van der Waals surface area (Å²) in [6.07, 6.45) is 1.62. The lowest BCUT2D eigenvalue weighted by molar-refractivity contribution is 0.101. The molecule has 0 aliphatic carbocycles. The van der Waals surface area contributed by atoms with Crippen molar-refractivity contribution < 1.29 is 4.79 Å². The van der Waals surface area contributed by atoms with Gasteiger partial charge in [0.2, 0.25) is 0 Å². The van der Waals surface area contributed by atoms with Crippen molar-refractivity contribution in [3.05, 3.63) is 46.7 Å². The number of ketones is 1. The number of Topliss-reactive ketones (excluding diaryl/α,β-unsaturated/α-hetero) is 1. The molecule has 6 heteroatoms. The van der Waals surface area contributed by atoms with Gasteiger partial charge in [-0.3, -0.25) is 4.79 Å². The fourth-order valence-electron chi connectivity index (χ4n) is 2.40. The van der Waals surface area contributed by atoms with Gasteiger partial charge in [-0.2, -0.15) is 5.10 Å². The van der Waals surface area contributed by atoms with Crippen LogP contribution in [0.2, 0.25) is 5.02 Å². The molecule has 0 atom stereocenters. The van der Waals surface area contributed by atoms with Crippen LogP contribution in [0.1, 0.15) is 23.0 Å². The Morgan fingerprint density at radius 3 is 2.57 bits per heavy atom. The molecule has 0 bridgehead atoms. The molecule has 3 rings (SSSR count). The number of aryl methyl sites for hydroxylation is 1. The number of aromatic nitrogens is 3. The molecule has 2 aromatic heterocycles. The van der Waals surface area contributed by atoms with Crippen LogP contribution in [0.25, 0.3) is 16.7 Å². The van der Waals surface area contributed by atoms with Crippen LogP contribution in [0.3, 0.4) is 0 Å². The first kappa shape index (κ1) is 13.6. The molecular weight excluding hydrogens is 288 g/mol. The maximum Gasteiger partial charge on any atom is 0.165 e. The minimum atomic E-state index is -0.0985. The Labute approximate surface area is 126 Å². The lowest BCUT2D eigenvalue weighted by atomic mass is 10.1. The average Bonchev–Trinajstić information content (AvgIpc) is 2.83. The smallest absolute Gasteiger partial charge is 0.165 e. The summed E-state index contributed by atoms with van der Waals surface area (Å²) in [5, 5.41) is 5.64. The summed E-state index contributed by atoms with van der Waals surface area (Å²) in [4.78, 5) is 16.2. The first-order valence-electron chi connectivity index (χ1n) is 6.39. The quantitative estimate of drug-likeness (QED) is 0.738. The van der Waals surface area contributed by atoms with Crippen molar-refractivity contribution in [2.75, 3.05) is 5.73 Å². The number of rotatable bonds is 2. The molecule has 3 aromatic rings. The van der Waals surface area contributed by atoms with Gasteiger partial charge in [0.15, 0.2) is 11.4 Å². The van der Waals surface area contributed by atoms with Gasteiger partial charge in [-0.15, -0.1) is 0 Å². The zero-order valence-corrected chi connectivity index (χ0v) is 12.3. The number of benzene rings is 1. The zero-order chi connectivity index (χ0) is 15.1. The number of halogens is 1. The van der Waals surface area contributed by atoms with Crippen molar-refractivity contribution in [2.45, 2.75) is 13.8 Å². The van der Waals surface area contributed by atoms with Crippen LogP contribution in [-0.2, 0) is 0 Å². The van der Waals surface area contributed by atoms with E-state index in [2.05, 4.69) is 10.1 Å². The Kier molecular flexibility index (Phi) is 3.14. The minimum absolute atomic E-state index is 0.0985.